The summed E-state index contributed by atoms with van der Waals surface area (Å²) in [5.41, 5.74) is 1.89. The molecule has 0 aliphatic carbocycles. The summed E-state index contributed by atoms with van der Waals surface area (Å²) >= 11 is 0. The number of carbonyl (C=O) groups is 2. The fourth-order valence-corrected chi connectivity index (χ4v) is 4.18. The predicted molar refractivity (Wildman–Crippen MR) is 139 cm³/mol. The maximum absolute atomic E-state index is 13.0. The molecule has 1 N–H and O–H groups in total. The first kappa shape index (κ1) is 26.0. The first-order chi connectivity index (χ1) is 17.9. The predicted octanol–water partition coefficient (Wildman–Crippen LogP) is 3.53. The van der Waals surface area contributed by atoms with Gasteiger partial charge in [0, 0.05) is 50.4 Å². The first-order valence-electron chi connectivity index (χ1n) is 12.2. The van der Waals surface area contributed by atoms with E-state index in [1.807, 2.05) is 29.2 Å². The Morgan fingerprint density at radius 3 is 2.57 bits per heavy atom. The molecule has 2 heterocycles. The lowest BCUT2D eigenvalue weighted by molar-refractivity contribution is -0.114. The molecule has 0 spiro atoms. The van der Waals surface area contributed by atoms with Gasteiger partial charge in [0.15, 0.2) is 0 Å². The van der Waals surface area contributed by atoms with Crippen LogP contribution in [0, 0.1) is 0 Å². The van der Waals surface area contributed by atoms with Gasteiger partial charge in [-0.3, -0.25) is 19.3 Å². The molecule has 37 heavy (non-hydrogen) atoms. The van der Waals surface area contributed by atoms with Gasteiger partial charge >= 0.3 is 0 Å². The number of amides is 2. The minimum absolute atomic E-state index is 0.0414. The van der Waals surface area contributed by atoms with Crippen molar-refractivity contribution in [3.63, 3.8) is 0 Å². The molecule has 0 atom stereocenters. The van der Waals surface area contributed by atoms with E-state index in [0.29, 0.717) is 43.2 Å². The molecular formula is C28H31N3O6. The zero-order chi connectivity index (χ0) is 26.2. The van der Waals surface area contributed by atoms with Gasteiger partial charge in [-0.25, -0.2) is 0 Å². The highest BCUT2D eigenvalue weighted by Gasteiger charge is 2.21. The van der Waals surface area contributed by atoms with Crippen LogP contribution in [0.3, 0.4) is 0 Å². The Bertz CT molecular complexity index is 1290. The first-order valence-corrected chi connectivity index (χ1v) is 12.2. The van der Waals surface area contributed by atoms with E-state index in [0.717, 1.165) is 24.3 Å². The van der Waals surface area contributed by atoms with Gasteiger partial charge in [0.1, 0.15) is 24.4 Å². The number of nitrogens with one attached hydrogen (secondary N) is 1. The SMILES string of the molecule is COc1cccc(COc2coc(CN3CCCN(C(=O)c4ccc(NC(C)=O)cc4)CC3)cc2=O)c1. The van der Waals surface area contributed by atoms with Gasteiger partial charge < -0.3 is 24.1 Å². The molecule has 0 saturated carbocycles. The molecule has 1 aromatic heterocycles. The van der Waals surface area contributed by atoms with Gasteiger partial charge in [0.25, 0.3) is 5.91 Å². The maximum Gasteiger partial charge on any atom is 0.253 e. The van der Waals surface area contributed by atoms with Crippen LogP contribution in [0.5, 0.6) is 11.5 Å². The standard InChI is InChI=1S/C28H31N3O6/c1-20(32)29-23-9-7-22(8-10-23)28(34)31-12-4-11-30(13-14-31)17-25-16-26(33)27(19-36-25)37-18-21-5-3-6-24(15-21)35-2/h3,5-10,15-16,19H,4,11-14,17-18H2,1-2H3,(H,29,32). The Kier molecular flexibility index (Phi) is 8.58. The quantitative estimate of drug-likeness (QED) is 0.500. The zero-order valence-corrected chi connectivity index (χ0v) is 21.1. The van der Waals surface area contributed by atoms with Gasteiger partial charge in [-0.1, -0.05) is 12.1 Å². The molecule has 3 aromatic rings. The average molecular weight is 506 g/mol. The second kappa shape index (κ2) is 12.2. The Morgan fingerprint density at radius 1 is 1.03 bits per heavy atom. The largest absolute Gasteiger partial charge is 0.497 e. The molecule has 9 nitrogen and oxygen atoms in total. The van der Waals surface area contributed by atoms with Gasteiger partial charge in [0.05, 0.1) is 13.7 Å². The molecule has 194 valence electrons. The lowest BCUT2D eigenvalue weighted by Crippen LogP contribution is -2.35. The second-order valence-electron chi connectivity index (χ2n) is 8.90. The monoisotopic (exact) mass is 505 g/mol. The Hall–Kier alpha value is -4.11. The summed E-state index contributed by atoms with van der Waals surface area (Å²) in [6.45, 7) is 4.80. The second-order valence-corrected chi connectivity index (χ2v) is 8.90. The van der Waals surface area contributed by atoms with E-state index in [1.54, 1.807) is 31.4 Å². The van der Waals surface area contributed by atoms with Crippen LogP contribution < -0.4 is 20.2 Å². The summed E-state index contributed by atoms with van der Waals surface area (Å²) in [5, 5.41) is 2.70. The molecule has 1 aliphatic heterocycles. The number of anilines is 1. The van der Waals surface area contributed by atoms with Gasteiger partial charge in [-0.05, 0) is 48.4 Å². The number of ether oxygens (including phenoxy) is 2. The van der Waals surface area contributed by atoms with Crippen LogP contribution in [-0.4, -0.2) is 54.9 Å². The molecule has 9 heteroatoms. The van der Waals surface area contributed by atoms with E-state index in [9.17, 15) is 14.4 Å². The zero-order valence-electron chi connectivity index (χ0n) is 21.1. The number of rotatable bonds is 8. The van der Waals surface area contributed by atoms with E-state index in [2.05, 4.69) is 10.2 Å². The lowest BCUT2D eigenvalue weighted by atomic mass is 10.1. The molecule has 0 unspecified atom stereocenters. The van der Waals surface area contributed by atoms with Crippen molar-refractivity contribution in [2.24, 2.45) is 0 Å². The number of hydrogen-bond acceptors (Lipinski definition) is 7. The number of hydrogen-bond donors (Lipinski definition) is 1. The third-order valence-corrected chi connectivity index (χ3v) is 6.09. The highest BCUT2D eigenvalue weighted by atomic mass is 16.5. The van der Waals surface area contributed by atoms with Crippen LogP contribution in [0.2, 0.25) is 0 Å². The molecule has 1 fully saturated rings. The number of nitrogens with zero attached hydrogens (tertiary/aromatic N) is 2. The summed E-state index contributed by atoms with van der Waals surface area (Å²) in [5.74, 6) is 1.23. The fourth-order valence-electron chi connectivity index (χ4n) is 4.18. The topological polar surface area (TPSA) is 101 Å². The van der Waals surface area contributed by atoms with Gasteiger partial charge in [0.2, 0.25) is 17.1 Å². The molecule has 2 amide bonds. The number of carbonyl (C=O) groups excluding carboxylic acids is 2. The van der Waals surface area contributed by atoms with E-state index < -0.39 is 0 Å². The van der Waals surface area contributed by atoms with Crippen LogP contribution in [0.25, 0.3) is 0 Å². The Labute approximate surface area is 215 Å². The highest BCUT2D eigenvalue weighted by molar-refractivity contribution is 5.95. The van der Waals surface area contributed by atoms with Crippen molar-refractivity contribution < 1.29 is 23.5 Å². The Morgan fingerprint density at radius 2 is 1.84 bits per heavy atom. The summed E-state index contributed by atoms with van der Waals surface area (Å²) in [7, 11) is 1.60. The number of methoxy groups -OCH3 is 1. The summed E-state index contributed by atoms with van der Waals surface area (Å²) in [4.78, 5) is 40.7. The molecule has 4 rings (SSSR count). The Balaban J connectivity index is 1.30. The van der Waals surface area contributed by atoms with Crippen molar-refractivity contribution in [3.05, 3.63) is 88.0 Å². The molecule has 0 radical (unpaired) electrons. The molecule has 1 aliphatic rings. The van der Waals surface area contributed by atoms with E-state index in [-0.39, 0.29) is 29.6 Å². The van der Waals surface area contributed by atoms with Crippen molar-refractivity contribution in [2.45, 2.75) is 26.5 Å². The molecule has 2 aromatic carbocycles. The molecular weight excluding hydrogens is 474 g/mol. The van der Waals surface area contributed by atoms with Crippen LogP contribution in [0.4, 0.5) is 5.69 Å². The molecule has 1 saturated heterocycles. The minimum atomic E-state index is -0.238. The van der Waals surface area contributed by atoms with Crippen molar-refractivity contribution in [2.75, 3.05) is 38.6 Å². The van der Waals surface area contributed by atoms with Gasteiger partial charge in [-0.2, -0.15) is 0 Å². The lowest BCUT2D eigenvalue weighted by Gasteiger charge is -2.22. The van der Waals surface area contributed by atoms with Crippen LogP contribution in [0.1, 0.15) is 35.0 Å². The van der Waals surface area contributed by atoms with Crippen LogP contribution in [-0.2, 0) is 17.9 Å². The van der Waals surface area contributed by atoms with Crippen LogP contribution in [0.15, 0.2) is 70.1 Å². The normalized spacial score (nSPS) is 14.1. The van der Waals surface area contributed by atoms with Crippen LogP contribution >= 0.6 is 0 Å². The van der Waals surface area contributed by atoms with Crippen molar-refractivity contribution in [1.29, 1.82) is 0 Å². The number of benzene rings is 2. The average Bonchev–Trinajstić information content (AvgIpc) is 3.13. The third-order valence-electron chi connectivity index (χ3n) is 6.09. The van der Waals surface area contributed by atoms with E-state index >= 15 is 0 Å². The van der Waals surface area contributed by atoms with Crippen molar-refractivity contribution in [3.8, 4) is 11.5 Å². The third kappa shape index (κ3) is 7.20. The van der Waals surface area contributed by atoms with Crippen molar-refractivity contribution in [1.82, 2.24) is 9.80 Å². The van der Waals surface area contributed by atoms with Crippen molar-refractivity contribution >= 4 is 17.5 Å². The molecule has 0 bridgehead atoms. The highest BCUT2D eigenvalue weighted by Crippen LogP contribution is 2.17. The maximum atomic E-state index is 13.0. The van der Waals surface area contributed by atoms with E-state index in [1.165, 1.54) is 19.3 Å². The summed E-state index contributed by atoms with van der Waals surface area (Å²) in [6, 6.07) is 15.8. The fraction of sp³-hybridized carbons (Fsp3) is 0.321. The summed E-state index contributed by atoms with van der Waals surface area (Å²) < 4.78 is 16.6. The van der Waals surface area contributed by atoms with Gasteiger partial charge in [-0.15, -0.1) is 0 Å². The van der Waals surface area contributed by atoms with E-state index in [4.69, 9.17) is 13.9 Å². The smallest absolute Gasteiger partial charge is 0.253 e. The minimum Gasteiger partial charge on any atom is -0.497 e. The summed E-state index contributed by atoms with van der Waals surface area (Å²) in [6.07, 6.45) is 2.16.